The Kier molecular flexibility index (Phi) is 8.44. The summed E-state index contributed by atoms with van der Waals surface area (Å²) in [4.78, 5) is 27.7. The molecular formula is C29H34N4O3. The van der Waals surface area contributed by atoms with Crippen molar-refractivity contribution in [2.45, 2.75) is 32.2 Å². The first-order chi connectivity index (χ1) is 17.5. The summed E-state index contributed by atoms with van der Waals surface area (Å²) in [6.45, 7) is 4.07. The van der Waals surface area contributed by atoms with Crippen molar-refractivity contribution >= 4 is 23.3 Å². The van der Waals surface area contributed by atoms with E-state index in [0.717, 1.165) is 54.2 Å². The summed E-state index contributed by atoms with van der Waals surface area (Å²) >= 11 is 0. The van der Waals surface area contributed by atoms with E-state index in [0.29, 0.717) is 18.5 Å². The van der Waals surface area contributed by atoms with Gasteiger partial charge in [0.2, 0.25) is 0 Å². The van der Waals surface area contributed by atoms with Crippen molar-refractivity contribution in [3.63, 3.8) is 0 Å². The van der Waals surface area contributed by atoms with Crippen LogP contribution in [0.4, 0.5) is 16.2 Å². The van der Waals surface area contributed by atoms with Crippen LogP contribution in [-0.2, 0) is 6.42 Å². The first-order valence-corrected chi connectivity index (χ1v) is 12.4. The van der Waals surface area contributed by atoms with Crippen LogP contribution in [0.15, 0.2) is 72.8 Å². The molecule has 3 N–H and O–H groups in total. The van der Waals surface area contributed by atoms with Crippen molar-refractivity contribution < 1.29 is 14.3 Å². The minimum absolute atomic E-state index is 0.0850. The second kappa shape index (κ2) is 12.1. The van der Waals surface area contributed by atoms with E-state index >= 15 is 0 Å². The normalized spacial score (nSPS) is 13.7. The molecule has 3 aromatic rings. The fraction of sp³-hybridized carbons (Fsp3) is 0.310. The third kappa shape index (κ3) is 6.56. The molecule has 7 heteroatoms. The number of hydrogen-bond donors (Lipinski definition) is 3. The molecule has 1 aliphatic rings. The number of carbonyl (C=O) groups excluding carboxylic acids is 2. The van der Waals surface area contributed by atoms with Gasteiger partial charge in [-0.25, -0.2) is 4.79 Å². The van der Waals surface area contributed by atoms with Gasteiger partial charge in [0.15, 0.2) is 0 Å². The third-order valence-corrected chi connectivity index (χ3v) is 6.50. The van der Waals surface area contributed by atoms with Crippen LogP contribution in [0.1, 0.15) is 34.3 Å². The largest absolute Gasteiger partial charge is 0.496 e. The zero-order chi connectivity index (χ0) is 25.3. The van der Waals surface area contributed by atoms with Crippen LogP contribution in [-0.4, -0.2) is 44.7 Å². The number of ether oxygens (including phenoxy) is 1. The van der Waals surface area contributed by atoms with E-state index in [2.05, 4.69) is 20.9 Å². The van der Waals surface area contributed by atoms with Gasteiger partial charge in [0.1, 0.15) is 5.75 Å². The molecule has 4 rings (SSSR count). The Balaban J connectivity index is 1.29. The van der Waals surface area contributed by atoms with Gasteiger partial charge in [0.05, 0.1) is 12.7 Å². The van der Waals surface area contributed by atoms with Crippen molar-refractivity contribution in [2.75, 3.05) is 37.0 Å². The zero-order valence-electron chi connectivity index (χ0n) is 20.9. The molecule has 36 heavy (non-hydrogen) atoms. The summed E-state index contributed by atoms with van der Waals surface area (Å²) in [6.07, 6.45) is 2.32. The lowest BCUT2D eigenvalue weighted by Gasteiger charge is -2.34. The van der Waals surface area contributed by atoms with Gasteiger partial charge in [-0.05, 0) is 62.1 Å². The van der Waals surface area contributed by atoms with Gasteiger partial charge in [0.25, 0.3) is 5.91 Å². The lowest BCUT2D eigenvalue weighted by Crippen LogP contribution is -2.46. The number of amides is 3. The number of carbonyl (C=O) groups is 2. The SMILES string of the molecule is COc1ccccc1CCNC(=O)c1ccccc1N1CCC(NC(=O)Nc2ccc(C)cc2)CC1. The summed E-state index contributed by atoms with van der Waals surface area (Å²) in [7, 11) is 1.66. The lowest BCUT2D eigenvalue weighted by molar-refractivity contribution is 0.0954. The Bertz CT molecular complexity index is 1170. The molecule has 0 spiro atoms. The average molecular weight is 487 g/mol. The van der Waals surface area contributed by atoms with Gasteiger partial charge < -0.3 is 25.6 Å². The lowest BCUT2D eigenvalue weighted by atomic mass is 10.0. The summed E-state index contributed by atoms with van der Waals surface area (Å²) in [5.41, 5.74) is 4.59. The van der Waals surface area contributed by atoms with Gasteiger partial charge in [0, 0.05) is 37.1 Å². The standard InChI is InChI=1S/C29H34N4O3/c1-21-11-13-23(14-12-21)31-29(35)32-24-16-19-33(20-17-24)26-9-5-4-8-25(26)28(34)30-18-15-22-7-3-6-10-27(22)36-2/h3-14,24H,15-20H2,1-2H3,(H,30,34)(H2,31,32,35). The number of piperidine rings is 1. The summed E-state index contributed by atoms with van der Waals surface area (Å²) < 4.78 is 5.40. The average Bonchev–Trinajstić information content (AvgIpc) is 2.90. The van der Waals surface area contributed by atoms with Crippen molar-refractivity contribution in [1.82, 2.24) is 10.6 Å². The molecular weight excluding hydrogens is 452 g/mol. The molecule has 188 valence electrons. The maximum atomic E-state index is 13.0. The predicted molar refractivity (Wildman–Crippen MR) is 144 cm³/mol. The van der Waals surface area contributed by atoms with Crippen LogP contribution < -0.4 is 25.6 Å². The number of aryl methyl sites for hydroxylation is 1. The van der Waals surface area contributed by atoms with E-state index in [9.17, 15) is 9.59 Å². The summed E-state index contributed by atoms with van der Waals surface area (Å²) in [5, 5.41) is 9.03. The molecule has 0 radical (unpaired) electrons. The smallest absolute Gasteiger partial charge is 0.319 e. The van der Waals surface area contributed by atoms with Crippen LogP contribution in [0.25, 0.3) is 0 Å². The monoisotopic (exact) mass is 486 g/mol. The second-order valence-corrected chi connectivity index (χ2v) is 9.06. The maximum absolute atomic E-state index is 13.0. The van der Waals surface area contributed by atoms with Crippen LogP contribution >= 0.6 is 0 Å². The van der Waals surface area contributed by atoms with Crippen molar-refractivity contribution in [1.29, 1.82) is 0 Å². The number of anilines is 2. The first kappa shape index (κ1) is 25.1. The van der Waals surface area contributed by atoms with Gasteiger partial charge in [-0.15, -0.1) is 0 Å². The minimum Gasteiger partial charge on any atom is -0.496 e. The number of urea groups is 1. The van der Waals surface area contributed by atoms with Crippen molar-refractivity contribution in [3.8, 4) is 5.75 Å². The third-order valence-electron chi connectivity index (χ3n) is 6.50. The maximum Gasteiger partial charge on any atom is 0.319 e. The molecule has 1 aliphatic heterocycles. The number of benzene rings is 3. The summed E-state index contributed by atoms with van der Waals surface area (Å²) in [6, 6.07) is 23.2. The van der Waals surface area contributed by atoms with Crippen LogP contribution in [0.3, 0.4) is 0 Å². The second-order valence-electron chi connectivity index (χ2n) is 9.06. The number of rotatable bonds is 8. The van der Waals surface area contributed by atoms with E-state index in [1.807, 2.05) is 79.7 Å². The number of nitrogens with zero attached hydrogens (tertiary/aromatic N) is 1. The number of nitrogens with one attached hydrogen (secondary N) is 3. The van der Waals surface area contributed by atoms with Crippen LogP contribution in [0.2, 0.25) is 0 Å². The first-order valence-electron chi connectivity index (χ1n) is 12.4. The van der Waals surface area contributed by atoms with Crippen LogP contribution in [0.5, 0.6) is 5.75 Å². The number of hydrogen-bond acceptors (Lipinski definition) is 4. The number of methoxy groups -OCH3 is 1. The summed E-state index contributed by atoms with van der Waals surface area (Å²) in [5.74, 6) is 0.745. The molecule has 0 aromatic heterocycles. The Morgan fingerprint density at radius 2 is 1.64 bits per heavy atom. The highest BCUT2D eigenvalue weighted by Gasteiger charge is 2.23. The van der Waals surface area contributed by atoms with E-state index in [1.54, 1.807) is 7.11 Å². The van der Waals surface area contributed by atoms with Crippen molar-refractivity contribution in [3.05, 3.63) is 89.5 Å². The molecule has 1 heterocycles. The highest BCUT2D eigenvalue weighted by atomic mass is 16.5. The molecule has 1 fully saturated rings. The molecule has 0 atom stereocenters. The Morgan fingerprint density at radius 3 is 2.39 bits per heavy atom. The molecule has 3 aromatic carbocycles. The van der Waals surface area contributed by atoms with E-state index in [4.69, 9.17) is 4.74 Å². The molecule has 0 aliphatic carbocycles. The molecule has 0 bridgehead atoms. The highest BCUT2D eigenvalue weighted by molar-refractivity contribution is 5.99. The van der Waals surface area contributed by atoms with Gasteiger partial charge in [-0.2, -0.15) is 0 Å². The van der Waals surface area contributed by atoms with E-state index < -0.39 is 0 Å². The molecule has 0 saturated carbocycles. The molecule has 1 saturated heterocycles. The quantitative estimate of drug-likeness (QED) is 0.429. The Morgan fingerprint density at radius 1 is 0.944 bits per heavy atom. The molecule has 0 unspecified atom stereocenters. The zero-order valence-corrected chi connectivity index (χ0v) is 20.9. The highest BCUT2D eigenvalue weighted by Crippen LogP contribution is 2.25. The van der Waals surface area contributed by atoms with Gasteiger partial charge >= 0.3 is 6.03 Å². The topological polar surface area (TPSA) is 82.7 Å². The predicted octanol–water partition coefficient (Wildman–Crippen LogP) is 4.77. The molecule has 3 amide bonds. The van der Waals surface area contributed by atoms with E-state index in [-0.39, 0.29) is 18.0 Å². The fourth-order valence-electron chi connectivity index (χ4n) is 4.51. The Hall–Kier alpha value is -4.00. The molecule has 7 nitrogen and oxygen atoms in total. The van der Waals surface area contributed by atoms with Gasteiger partial charge in [-0.1, -0.05) is 48.0 Å². The van der Waals surface area contributed by atoms with E-state index in [1.165, 1.54) is 0 Å². The van der Waals surface area contributed by atoms with Crippen molar-refractivity contribution in [2.24, 2.45) is 0 Å². The van der Waals surface area contributed by atoms with Gasteiger partial charge in [-0.3, -0.25) is 4.79 Å². The van der Waals surface area contributed by atoms with Crippen LogP contribution in [0, 0.1) is 6.92 Å². The minimum atomic E-state index is -0.188. The number of para-hydroxylation sites is 2. The Labute approximate surface area is 212 Å². The fourth-order valence-corrected chi connectivity index (χ4v) is 4.51.